The molecule has 1 fully saturated rings. The molecule has 3 N–H and O–H groups in total. The van der Waals surface area contributed by atoms with Gasteiger partial charge in [0.1, 0.15) is 0 Å². The molecule has 5 heteroatoms. The van der Waals surface area contributed by atoms with E-state index < -0.39 is 0 Å². The van der Waals surface area contributed by atoms with E-state index in [1.54, 1.807) is 12.1 Å². The Morgan fingerprint density at radius 3 is 2.79 bits per heavy atom. The Labute approximate surface area is 113 Å². The molecule has 1 heterocycles. The number of nitrogens with one attached hydrogen (secondary N) is 1. The second kappa shape index (κ2) is 7.23. The highest BCUT2D eigenvalue weighted by atomic mass is 16.5. The number of ether oxygens (including phenoxy) is 2. The fourth-order valence-corrected chi connectivity index (χ4v) is 2.08. The molecule has 0 spiro atoms. The lowest BCUT2D eigenvalue weighted by atomic mass is 10.1. The van der Waals surface area contributed by atoms with Gasteiger partial charge in [-0.1, -0.05) is 12.1 Å². The standard InChI is InChI=1S/C14H20N2O3/c15-16-14(17)12-6-4-11(5-7-12)9-18-10-13-3-1-2-8-19-13/h4-7,13H,1-3,8-10,15H2,(H,16,17). The Kier molecular flexibility index (Phi) is 5.32. The van der Waals surface area contributed by atoms with Crippen molar-refractivity contribution in [3.63, 3.8) is 0 Å². The summed E-state index contributed by atoms with van der Waals surface area (Å²) in [5.74, 6) is 4.78. The quantitative estimate of drug-likeness (QED) is 0.478. The molecule has 1 saturated heterocycles. The summed E-state index contributed by atoms with van der Waals surface area (Å²) in [4.78, 5) is 11.3. The van der Waals surface area contributed by atoms with Gasteiger partial charge in [-0.2, -0.15) is 0 Å². The van der Waals surface area contributed by atoms with Crippen LogP contribution in [0.25, 0.3) is 0 Å². The van der Waals surface area contributed by atoms with E-state index >= 15 is 0 Å². The zero-order valence-electron chi connectivity index (χ0n) is 10.9. The van der Waals surface area contributed by atoms with Gasteiger partial charge in [0.2, 0.25) is 0 Å². The molecule has 0 aromatic heterocycles. The van der Waals surface area contributed by atoms with E-state index in [0.29, 0.717) is 18.8 Å². The van der Waals surface area contributed by atoms with E-state index in [2.05, 4.69) is 5.43 Å². The summed E-state index contributed by atoms with van der Waals surface area (Å²) in [6, 6.07) is 7.20. The number of carbonyl (C=O) groups excluding carboxylic acids is 1. The molecule has 1 atom stereocenters. The summed E-state index contributed by atoms with van der Waals surface area (Å²) in [6.45, 7) is 2.01. The minimum absolute atomic E-state index is 0.232. The molecule has 19 heavy (non-hydrogen) atoms. The molecule has 1 amide bonds. The number of hydrogen-bond acceptors (Lipinski definition) is 4. The molecule has 1 aromatic rings. The molecule has 1 aliphatic heterocycles. The first-order valence-electron chi connectivity index (χ1n) is 6.59. The molecule has 5 nitrogen and oxygen atoms in total. The van der Waals surface area contributed by atoms with Gasteiger partial charge in [-0.15, -0.1) is 0 Å². The Bertz CT molecular complexity index is 400. The summed E-state index contributed by atoms with van der Waals surface area (Å²) in [5, 5.41) is 0. The van der Waals surface area contributed by atoms with Gasteiger partial charge in [0.05, 0.1) is 19.3 Å². The highest BCUT2D eigenvalue weighted by Gasteiger charge is 2.13. The molecule has 104 valence electrons. The van der Waals surface area contributed by atoms with Crippen molar-refractivity contribution >= 4 is 5.91 Å². The van der Waals surface area contributed by atoms with Crippen LogP contribution in [0, 0.1) is 0 Å². The van der Waals surface area contributed by atoms with Crippen molar-refractivity contribution in [3.05, 3.63) is 35.4 Å². The third kappa shape index (κ3) is 4.31. The summed E-state index contributed by atoms with van der Waals surface area (Å²) in [6.07, 6.45) is 3.68. The maximum absolute atomic E-state index is 11.3. The highest BCUT2D eigenvalue weighted by molar-refractivity contribution is 5.93. The minimum Gasteiger partial charge on any atom is -0.376 e. The van der Waals surface area contributed by atoms with Crippen molar-refractivity contribution in [2.75, 3.05) is 13.2 Å². The smallest absolute Gasteiger partial charge is 0.265 e. The van der Waals surface area contributed by atoms with Crippen LogP contribution in [0.5, 0.6) is 0 Å². The Morgan fingerprint density at radius 1 is 1.37 bits per heavy atom. The van der Waals surface area contributed by atoms with Crippen LogP contribution in [-0.2, 0) is 16.1 Å². The third-order valence-electron chi connectivity index (χ3n) is 3.19. The Balaban J connectivity index is 1.75. The first kappa shape index (κ1) is 14.0. The SMILES string of the molecule is NNC(=O)c1ccc(COCC2CCCCO2)cc1. The maximum atomic E-state index is 11.3. The van der Waals surface area contributed by atoms with Gasteiger partial charge in [0, 0.05) is 12.2 Å². The van der Waals surface area contributed by atoms with Crippen molar-refractivity contribution in [3.8, 4) is 0 Å². The molecule has 2 rings (SSSR count). The summed E-state index contributed by atoms with van der Waals surface area (Å²) in [5.41, 5.74) is 3.68. The maximum Gasteiger partial charge on any atom is 0.265 e. The topological polar surface area (TPSA) is 73.6 Å². The number of rotatable bonds is 5. The van der Waals surface area contributed by atoms with Crippen molar-refractivity contribution in [2.24, 2.45) is 5.84 Å². The van der Waals surface area contributed by atoms with Crippen molar-refractivity contribution < 1.29 is 14.3 Å². The Morgan fingerprint density at radius 2 is 2.16 bits per heavy atom. The predicted molar refractivity (Wildman–Crippen MR) is 71.3 cm³/mol. The van der Waals surface area contributed by atoms with Crippen LogP contribution in [0.1, 0.15) is 35.2 Å². The molecule has 0 aliphatic carbocycles. The van der Waals surface area contributed by atoms with Crippen molar-refractivity contribution in [1.82, 2.24) is 5.43 Å². The number of nitrogen functional groups attached to an aromatic ring is 1. The molecule has 0 radical (unpaired) electrons. The fourth-order valence-electron chi connectivity index (χ4n) is 2.08. The van der Waals surface area contributed by atoms with E-state index in [4.69, 9.17) is 15.3 Å². The van der Waals surface area contributed by atoms with E-state index in [1.165, 1.54) is 6.42 Å². The monoisotopic (exact) mass is 264 g/mol. The van der Waals surface area contributed by atoms with Gasteiger partial charge in [0.25, 0.3) is 5.91 Å². The average Bonchev–Trinajstić information content (AvgIpc) is 2.48. The van der Waals surface area contributed by atoms with Gasteiger partial charge in [-0.05, 0) is 37.0 Å². The zero-order valence-corrected chi connectivity index (χ0v) is 10.9. The van der Waals surface area contributed by atoms with Crippen molar-refractivity contribution in [1.29, 1.82) is 0 Å². The highest BCUT2D eigenvalue weighted by Crippen LogP contribution is 2.13. The van der Waals surface area contributed by atoms with Crippen LogP contribution in [0.15, 0.2) is 24.3 Å². The number of hydrazine groups is 1. The van der Waals surface area contributed by atoms with Gasteiger partial charge in [-0.25, -0.2) is 5.84 Å². The first-order valence-corrected chi connectivity index (χ1v) is 6.59. The van der Waals surface area contributed by atoms with Crippen LogP contribution in [0.4, 0.5) is 0 Å². The van der Waals surface area contributed by atoms with Gasteiger partial charge in [-0.3, -0.25) is 10.2 Å². The fraction of sp³-hybridized carbons (Fsp3) is 0.500. The van der Waals surface area contributed by atoms with E-state index in [0.717, 1.165) is 25.0 Å². The summed E-state index contributed by atoms with van der Waals surface area (Å²) >= 11 is 0. The molecule has 1 unspecified atom stereocenters. The van der Waals surface area contributed by atoms with Gasteiger partial charge < -0.3 is 9.47 Å². The number of hydrogen-bond donors (Lipinski definition) is 2. The van der Waals surface area contributed by atoms with E-state index in [9.17, 15) is 4.79 Å². The van der Waals surface area contributed by atoms with E-state index in [-0.39, 0.29) is 12.0 Å². The molecule has 1 aliphatic rings. The van der Waals surface area contributed by atoms with Gasteiger partial charge >= 0.3 is 0 Å². The molecular weight excluding hydrogens is 244 g/mol. The third-order valence-corrected chi connectivity index (χ3v) is 3.19. The molecule has 0 saturated carbocycles. The predicted octanol–water partition coefficient (Wildman–Crippen LogP) is 1.38. The summed E-state index contributed by atoms with van der Waals surface area (Å²) in [7, 11) is 0. The second-order valence-electron chi connectivity index (χ2n) is 4.67. The second-order valence-corrected chi connectivity index (χ2v) is 4.67. The normalized spacial score (nSPS) is 19.1. The van der Waals surface area contributed by atoms with Crippen LogP contribution >= 0.6 is 0 Å². The average molecular weight is 264 g/mol. The molecule has 1 aromatic carbocycles. The van der Waals surface area contributed by atoms with Crippen LogP contribution < -0.4 is 11.3 Å². The van der Waals surface area contributed by atoms with Gasteiger partial charge in [0.15, 0.2) is 0 Å². The van der Waals surface area contributed by atoms with Crippen LogP contribution in [-0.4, -0.2) is 25.2 Å². The minimum atomic E-state index is -0.289. The zero-order chi connectivity index (χ0) is 13.5. The molecule has 0 bridgehead atoms. The number of carbonyl (C=O) groups is 1. The lowest BCUT2D eigenvalue weighted by Crippen LogP contribution is -2.29. The number of benzene rings is 1. The lowest BCUT2D eigenvalue weighted by Gasteiger charge is -2.22. The molecular formula is C14H20N2O3. The van der Waals surface area contributed by atoms with Crippen molar-refractivity contribution in [2.45, 2.75) is 32.0 Å². The number of amides is 1. The lowest BCUT2D eigenvalue weighted by molar-refractivity contribution is -0.0447. The van der Waals surface area contributed by atoms with Crippen LogP contribution in [0.3, 0.4) is 0 Å². The summed E-state index contributed by atoms with van der Waals surface area (Å²) < 4.78 is 11.2. The largest absolute Gasteiger partial charge is 0.376 e. The first-order chi connectivity index (χ1) is 9.29. The van der Waals surface area contributed by atoms with Crippen LogP contribution in [0.2, 0.25) is 0 Å². The van der Waals surface area contributed by atoms with E-state index in [1.807, 2.05) is 12.1 Å². The Hall–Kier alpha value is -1.43. The number of nitrogens with two attached hydrogens (primary N) is 1.